The van der Waals surface area contributed by atoms with Crippen LogP contribution >= 0.6 is 15.6 Å². The van der Waals surface area contributed by atoms with Gasteiger partial charge in [0.2, 0.25) is 0 Å². The number of aliphatic hydroxyl groups excluding tert-OH is 1. The Labute approximate surface area is 588 Å². The van der Waals surface area contributed by atoms with Gasteiger partial charge in [0.05, 0.1) is 26.4 Å². The fourth-order valence-corrected chi connectivity index (χ4v) is 13.2. The minimum Gasteiger partial charge on any atom is -0.462 e. The van der Waals surface area contributed by atoms with Crippen molar-refractivity contribution in [2.24, 2.45) is 23.7 Å². The first-order chi connectivity index (χ1) is 46.2. The SMILES string of the molecule is CCC(C)CCCCCCCCCCCCCCCCC(=O)O[C@H](COC(=O)CCCCCCCCC(C)C)COP(=O)(O)OC[C@H](O)COP(=O)(O)OC[C@@H](COC(=O)CCCCCCCCCCCCCCCCC(C)C)OC(=O)CCCCCCCCCCC(C)CC. The van der Waals surface area contributed by atoms with E-state index in [1.165, 1.54) is 186 Å². The number of ether oxygens (including phenoxy) is 4. The number of rotatable bonds is 74. The first-order valence-corrected chi connectivity index (χ1v) is 42.8. The van der Waals surface area contributed by atoms with Gasteiger partial charge in [-0.1, -0.05) is 338 Å². The summed E-state index contributed by atoms with van der Waals surface area (Å²) in [6.07, 6.45) is 51.4. The number of aliphatic hydroxyl groups is 1. The molecule has 0 saturated heterocycles. The molecule has 0 aromatic carbocycles. The van der Waals surface area contributed by atoms with Crippen molar-refractivity contribution in [1.82, 2.24) is 0 Å². The van der Waals surface area contributed by atoms with Gasteiger partial charge in [0, 0.05) is 25.7 Å². The summed E-state index contributed by atoms with van der Waals surface area (Å²) in [5.41, 5.74) is 0. The number of phosphoric acid groups is 2. The van der Waals surface area contributed by atoms with Gasteiger partial charge in [0.15, 0.2) is 12.2 Å². The Bertz CT molecular complexity index is 1890. The predicted molar refractivity (Wildman–Crippen MR) is 391 cm³/mol. The van der Waals surface area contributed by atoms with Crippen molar-refractivity contribution >= 4 is 39.5 Å². The molecule has 4 unspecified atom stereocenters. The highest BCUT2D eigenvalue weighted by Gasteiger charge is 2.30. The number of unbranched alkanes of at least 4 members (excludes halogenated alkanes) is 38. The summed E-state index contributed by atoms with van der Waals surface area (Å²) in [4.78, 5) is 72.8. The third kappa shape index (κ3) is 67.9. The normalized spacial score (nSPS) is 14.7. The molecule has 0 aromatic rings. The van der Waals surface area contributed by atoms with Crippen molar-refractivity contribution in [2.45, 2.75) is 408 Å². The average Bonchev–Trinajstić information content (AvgIpc) is 2.84. The van der Waals surface area contributed by atoms with Gasteiger partial charge < -0.3 is 33.8 Å². The quantitative estimate of drug-likeness (QED) is 0.0222. The summed E-state index contributed by atoms with van der Waals surface area (Å²) in [5.74, 6) is 0.971. The standard InChI is InChI=1S/C77H150O17P2/c1-9-69(7)55-47-39-30-24-20-16-12-14-18-22-26-33-43-51-59-76(81)93-73(64-88-75(80)58-50-42-36-35-38-46-54-68(5)6)66-92-96(85,86)90-62-71(78)61-89-95(83,84)91-65-72(94-77(82)60-52-44-34-28-27-31-40-48-56-70(8)10-2)63-87-74(79)57-49-41-32-25-21-17-13-11-15-19-23-29-37-45-53-67(3)4/h67-73,78H,9-66H2,1-8H3,(H,83,84)(H,85,86)/t69?,70?,71-,72-,73-/m1/s1. The number of hydrogen-bond acceptors (Lipinski definition) is 15. The Kier molecular flexibility index (Phi) is 65.0. The van der Waals surface area contributed by atoms with Gasteiger partial charge in [-0.15, -0.1) is 0 Å². The lowest BCUT2D eigenvalue weighted by Gasteiger charge is -2.21. The molecule has 0 bridgehead atoms. The summed E-state index contributed by atoms with van der Waals surface area (Å²) < 4.78 is 68.5. The Balaban J connectivity index is 5.21. The van der Waals surface area contributed by atoms with E-state index in [1.54, 1.807) is 0 Å². The summed E-state index contributed by atoms with van der Waals surface area (Å²) >= 11 is 0. The molecular weight excluding hydrogens is 1260 g/mol. The zero-order chi connectivity index (χ0) is 71.0. The van der Waals surface area contributed by atoms with Crippen LogP contribution < -0.4 is 0 Å². The average molecular weight is 1410 g/mol. The maximum Gasteiger partial charge on any atom is 0.472 e. The molecule has 0 aromatic heterocycles. The van der Waals surface area contributed by atoms with Crippen LogP contribution in [0.3, 0.4) is 0 Å². The Morgan fingerprint density at radius 2 is 0.500 bits per heavy atom. The van der Waals surface area contributed by atoms with E-state index in [1.807, 2.05) is 0 Å². The van der Waals surface area contributed by atoms with E-state index in [0.29, 0.717) is 31.6 Å². The van der Waals surface area contributed by atoms with Crippen LogP contribution in [0.4, 0.5) is 0 Å². The molecule has 0 amide bonds. The molecule has 0 fully saturated rings. The summed E-state index contributed by atoms with van der Waals surface area (Å²) in [6.45, 7) is 14.2. The fourth-order valence-electron chi connectivity index (χ4n) is 11.7. The molecule has 0 aliphatic carbocycles. The molecule has 0 rings (SSSR count). The minimum absolute atomic E-state index is 0.105. The van der Waals surface area contributed by atoms with Gasteiger partial charge >= 0.3 is 39.5 Å². The molecular formula is C77H150O17P2. The van der Waals surface area contributed by atoms with E-state index >= 15 is 0 Å². The van der Waals surface area contributed by atoms with Crippen molar-refractivity contribution in [3.8, 4) is 0 Å². The van der Waals surface area contributed by atoms with Gasteiger partial charge in [-0.3, -0.25) is 37.3 Å². The molecule has 96 heavy (non-hydrogen) atoms. The van der Waals surface area contributed by atoms with E-state index in [0.717, 1.165) is 114 Å². The fraction of sp³-hybridized carbons (Fsp3) is 0.948. The van der Waals surface area contributed by atoms with Gasteiger partial charge in [-0.05, 0) is 49.4 Å². The van der Waals surface area contributed by atoms with Gasteiger partial charge in [0.25, 0.3) is 0 Å². The summed E-state index contributed by atoms with van der Waals surface area (Å²) in [7, 11) is -9.91. The van der Waals surface area contributed by atoms with Gasteiger partial charge in [-0.25, -0.2) is 9.13 Å². The third-order valence-corrected chi connectivity index (χ3v) is 20.4. The van der Waals surface area contributed by atoms with E-state index in [-0.39, 0.29) is 25.7 Å². The van der Waals surface area contributed by atoms with Crippen LogP contribution in [0.2, 0.25) is 0 Å². The number of hydrogen-bond donors (Lipinski definition) is 3. The van der Waals surface area contributed by atoms with Crippen LogP contribution in [0.15, 0.2) is 0 Å². The highest BCUT2D eigenvalue weighted by atomic mass is 31.2. The highest BCUT2D eigenvalue weighted by Crippen LogP contribution is 2.45. The van der Waals surface area contributed by atoms with Gasteiger partial charge in [0.1, 0.15) is 19.3 Å². The summed E-state index contributed by atoms with van der Waals surface area (Å²) in [6, 6.07) is 0. The molecule has 7 atom stereocenters. The molecule has 0 spiro atoms. The zero-order valence-corrected chi connectivity index (χ0v) is 64.8. The van der Waals surface area contributed by atoms with Crippen LogP contribution in [0.25, 0.3) is 0 Å². The molecule has 0 radical (unpaired) electrons. The van der Waals surface area contributed by atoms with Crippen molar-refractivity contribution in [1.29, 1.82) is 0 Å². The van der Waals surface area contributed by atoms with E-state index in [2.05, 4.69) is 55.4 Å². The molecule has 0 aliphatic heterocycles. The number of esters is 4. The number of phosphoric ester groups is 2. The first kappa shape index (κ1) is 94.1. The Morgan fingerprint density at radius 3 is 0.740 bits per heavy atom. The lowest BCUT2D eigenvalue weighted by Crippen LogP contribution is -2.30. The molecule has 19 heteroatoms. The summed E-state index contributed by atoms with van der Waals surface area (Å²) in [5, 5.41) is 10.6. The van der Waals surface area contributed by atoms with Crippen LogP contribution in [0, 0.1) is 23.7 Å². The maximum absolute atomic E-state index is 13.1. The molecule has 0 saturated carbocycles. The zero-order valence-electron chi connectivity index (χ0n) is 63.0. The van der Waals surface area contributed by atoms with Crippen molar-refractivity contribution in [3.05, 3.63) is 0 Å². The lowest BCUT2D eigenvalue weighted by molar-refractivity contribution is -0.161. The van der Waals surface area contributed by atoms with Crippen LogP contribution in [0.5, 0.6) is 0 Å². The minimum atomic E-state index is -4.96. The highest BCUT2D eigenvalue weighted by molar-refractivity contribution is 7.47. The smallest absolute Gasteiger partial charge is 0.462 e. The van der Waals surface area contributed by atoms with Crippen LogP contribution in [-0.2, 0) is 65.4 Å². The van der Waals surface area contributed by atoms with E-state index in [9.17, 15) is 43.2 Å². The second-order valence-corrected chi connectivity index (χ2v) is 32.1. The first-order valence-electron chi connectivity index (χ1n) is 39.8. The molecule has 0 heterocycles. The Morgan fingerprint density at radius 1 is 0.292 bits per heavy atom. The molecule has 570 valence electrons. The monoisotopic (exact) mass is 1410 g/mol. The molecule has 3 N–H and O–H groups in total. The predicted octanol–water partition coefficient (Wildman–Crippen LogP) is 22.4. The second kappa shape index (κ2) is 66.3. The van der Waals surface area contributed by atoms with Crippen molar-refractivity contribution in [2.75, 3.05) is 39.6 Å². The molecule has 0 aliphatic rings. The van der Waals surface area contributed by atoms with Gasteiger partial charge in [-0.2, -0.15) is 0 Å². The van der Waals surface area contributed by atoms with E-state index in [4.69, 9.17) is 37.0 Å². The van der Waals surface area contributed by atoms with Crippen LogP contribution in [0.1, 0.15) is 389 Å². The van der Waals surface area contributed by atoms with Crippen LogP contribution in [-0.4, -0.2) is 96.7 Å². The number of carbonyl (C=O) groups is 4. The largest absolute Gasteiger partial charge is 0.472 e. The maximum atomic E-state index is 13.1. The van der Waals surface area contributed by atoms with Crippen molar-refractivity contribution < 1.29 is 80.2 Å². The topological polar surface area (TPSA) is 237 Å². The van der Waals surface area contributed by atoms with E-state index < -0.39 is 97.5 Å². The second-order valence-electron chi connectivity index (χ2n) is 29.2. The molecule has 17 nitrogen and oxygen atoms in total. The van der Waals surface area contributed by atoms with Crippen molar-refractivity contribution in [3.63, 3.8) is 0 Å². The lowest BCUT2D eigenvalue weighted by atomic mass is 9.99. The number of carbonyl (C=O) groups excluding carboxylic acids is 4. The Hall–Kier alpha value is -1.94. The third-order valence-electron chi connectivity index (χ3n) is 18.5.